The van der Waals surface area contributed by atoms with Gasteiger partial charge >= 0.3 is 54.3 Å². The van der Waals surface area contributed by atoms with Crippen LogP contribution in [0.25, 0.3) is 5.76 Å². The van der Waals surface area contributed by atoms with Gasteiger partial charge in [0.2, 0.25) is 5.78 Å². The minimum absolute atomic E-state index is 0. The Morgan fingerprint density at radius 3 is 1.69 bits per heavy atom. The van der Waals surface area contributed by atoms with E-state index in [2.05, 4.69) is 0 Å². The Morgan fingerprint density at radius 1 is 0.918 bits per heavy atom. The van der Waals surface area contributed by atoms with Crippen molar-refractivity contribution in [3.8, 4) is 5.75 Å². The molecule has 27 heteroatoms. The Morgan fingerprint density at radius 2 is 1.33 bits per heavy atom. The molecule has 0 radical (unpaired) electrons. The van der Waals surface area contributed by atoms with E-state index in [1.165, 1.54) is 25.1 Å². The van der Waals surface area contributed by atoms with Crippen LogP contribution in [0.15, 0.2) is 35.1 Å². The molecule has 10 N–H and O–H groups in total. The predicted octanol–water partition coefficient (Wildman–Crippen LogP) is -8.15. The minimum Gasteiger partial charge on any atom is -0.598 e. The van der Waals surface area contributed by atoms with E-state index in [1.807, 2.05) is 0 Å². The second kappa shape index (κ2) is 20.7. The van der Waals surface area contributed by atoms with Crippen LogP contribution in [0.4, 0.5) is 0 Å². The Hall–Kier alpha value is -2.13. The number of ketones is 2. The molecule has 0 saturated heterocycles. The van der Waals surface area contributed by atoms with Gasteiger partial charge in [0, 0.05) is 11.5 Å². The Bertz CT molecular complexity index is 1490. The summed E-state index contributed by atoms with van der Waals surface area (Å²) in [4.78, 5) is 104. The number of nitrogens with two attached hydrogens (primary N) is 1. The molecule has 1 saturated carbocycles. The van der Waals surface area contributed by atoms with Gasteiger partial charge in [-0.15, -0.1) is 0 Å². The van der Waals surface area contributed by atoms with Gasteiger partial charge < -0.3 is 55.7 Å². The third-order valence-electron chi connectivity index (χ3n) is 6.99. The van der Waals surface area contributed by atoms with Crippen molar-refractivity contribution < 1.29 is 127 Å². The molecule has 0 aliphatic heterocycles. The molecule has 1 aromatic carbocycles. The van der Waals surface area contributed by atoms with E-state index in [9.17, 15) is 39.9 Å². The van der Waals surface area contributed by atoms with Crippen molar-refractivity contribution in [3.63, 3.8) is 0 Å². The molecule has 1 aromatic rings. The number of benzene rings is 1. The standard InChI is InChI=1S/C22H24N2O8.Na.4HO3P/c1-7-8-5-4-6-9(25)11(8)16(26)12-10(7)17(27)14-15(24(2)3)18(28)13(21(23)31)20(30)22(14,32)19(12)29;;4*1-4(2)3/h4-7,10,14-15,17,25-27,30,32H,1-3H3,(H2,23,31);;4*(H,1,2,3)/q;+1;;;;/p-1/t7-,10+,14+,15-,17-,22-;;;;;/m0...../s1. The van der Waals surface area contributed by atoms with Gasteiger partial charge in [0.25, 0.3) is 14.2 Å². The second-order valence-electron chi connectivity index (χ2n) is 9.73. The number of fused-ring (bicyclic) bond motifs is 3. The fraction of sp³-hybridized carbons (Fsp3) is 0.409. The Kier molecular flexibility index (Phi) is 20.6. The first-order valence-corrected chi connectivity index (χ1v) is 16.7. The maximum absolute atomic E-state index is 13.7. The van der Waals surface area contributed by atoms with Crippen molar-refractivity contribution in [2.24, 2.45) is 17.6 Å². The molecular formula is C22H27N2NaO20P4. The number of carbonyl (C=O) groups excluding carboxylic acids is 3. The van der Waals surface area contributed by atoms with Gasteiger partial charge in [-0.25, -0.2) is 0 Å². The van der Waals surface area contributed by atoms with Crippen LogP contribution in [0.3, 0.4) is 0 Å². The van der Waals surface area contributed by atoms with Crippen molar-refractivity contribution in [1.82, 2.24) is 4.90 Å². The van der Waals surface area contributed by atoms with Gasteiger partial charge in [-0.05, 0) is 45.3 Å². The van der Waals surface area contributed by atoms with E-state index in [0.29, 0.717) is 5.56 Å². The van der Waals surface area contributed by atoms with Gasteiger partial charge in [0.05, 0.1) is 23.6 Å². The van der Waals surface area contributed by atoms with Gasteiger partial charge in [-0.2, -0.15) is 14.7 Å². The predicted molar refractivity (Wildman–Crippen MR) is 147 cm³/mol. The zero-order valence-corrected chi connectivity index (χ0v) is 31.0. The van der Waals surface area contributed by atoms with E-state index in [0.717, 1.165) is 0 Å². The molecule has 22 nitrogen and oxygen atoms in total. The van der Waals surface area contributed by atoms with Crippen molar-refractivity contribution in [2.75, 3.05) is 14.1 Å². The van der Waals surface area contributed by atoms with Gasteiger partial charge in [0.1, 0.15) is 22.8 Å². The number of phenolic OH excluding ortho intramolecular Hbond substituents is 1. The zero-order valence-electron chi connectivity index (χ0n) is 25.4. The molecule has 0 spiro atoms. The van der Waals surface area contributed by atoms with Crippen LogP contribution in [-0.2, 0) is 32.6 Å². The van der Waals surface area contributed by atoms with Crippen LogP contribution in [0.2, 0.25) is 0 Å². The summed E-state index contributed by atoms with van der Waals surface area (Å²) < 4.78 is 34.3. The number of nitrogens with zero attached hydrogens (tertiary/aromatic N) is 1. The number of Topliss-reactive ketones (excluding diaryl/α,β-unsaturated/α-hetero) is 2. The number of phenols is 1. The molecule has 0 aromatic heterocycles. The number of likely N-dealkylation sites (N-methyl/N-ethyl adjacent to an activating group) is 1. The van der Waals surface area contributed by atoms with E-state index >= 15 is 0 Å². The Balaban J connectivity index is 0. The number of aliphatic hydroxyl groups excluding tert-OH is 3. The number of hydrogen-bond acceptors (Lipinski definition) is 18. The van der Waals surface area contributed by atoms with Crippen molar-refractivity contribution in [2.45, 2.75) is 30.6 Å². The number of hydrogen-bond donors (Lipinski definition) is 9. The van der Waals surface area contributed by atoms with Gasteiger partial charge in [0.15, 0.2) is 11.4 Å². The summed E-state index contributed by atoms with van der Waals surface area (Å²) in [6, 6.07) is 3.13. The quantitative estimate of drug-likeness (QED) is 0.0763. The topological polar surface area (TPSA) is 426 Å². The molecule has 4 rings (SSSR count). The van der Waals surface area contributed by atoms with Crippen LogP contribution in [0.1, 0.15) is 24.0 Å². The van der Waals surface area contributed by atoms with Crippen LogP contribution >= 0.6 is 33.0 Å². The Labute approximate surface area is 301 Å². The number of aliphatic hydroxyl groups is 4. The molecule has 9 atom stereocenters. The van der Waals surface area contributed by atoms with E-state index in [1.54, 1.807) is 19.1 Å². The summed E-state index contributed by atoms with van der Waals surface area (Å²) in [5.41, 5.74) is 1.47. The summed E-state index contributed by atoms with van der Waals surface area (Å²) in [5.74, 6) is -8.87. The van der Waals surface area contributed by atoms with Gasteiger partial charge in [-0.3, -0.25) is 19.3 Å². The molecule has 266 valence electrons. The van der Waals surface area contributed by atoms with E-state index < -0.39 is 109 Å². The maximum Gasteiger partial charge on any atom is 1.00 e. The first-order chi connectivity index (χ1) is 21.8. The summed E-state index contributed by atoms with van der Waals surface area (Å²) in [7, 11) is -9.81. The average Bonchev–Trinajstić information content (AvgIpc) is 2.89. The molecular weight excluding hydrogens is 759 g/mol. The number of aromatic hydroxyl groups is 1. The molecule has 3 unspecified atom stereocenters. The molecule has 1 fully saturated rings. The minimum atomic E-state index is -3.37. The molecule has 0 bridgehead atoms. The normalized spacial score (nSPS) is 25.7. The smallest absolute Gasteiger partial charge is 0.598 e. The molecule has 49 heavy (non-hydrogen) atoms. The van der Waals surface area contributed by atoms with Gasteiger partial charge in [-0.1, -0.05) is 23.6 Å². The first-order valence-electron chi connectivity index (χ1n) is 12.3. The third-order valence-corrected chi connectivity index (χ3v) is 6.99. The average molecular weight is 786 g/mol. The molecule has 3 aliphatic carbocycles. The molecule has 0 heterocycles. The first kappa shape index (κ1) is 49.0. The number of primary amides is 1. The van der Waals surface area contributed by atoms with E-state index in [-0.39, 0.29) is 40.9 Å². The SMILES string of the molecule is C[C@H]1c2cccc(O)c2C(O)=C2C(=O)[C@]3(O)C(O)=C(C(N)=O)C(=O)[C@@H](N(C)C)[C@@H]3[C@@H](O)[C@@H]21.O=[P+]([O-])O.O=[P+]([O-])O.O=[P+]([O-])O.O=[P+]([O-])[O-].[Na+]. The number of amides is 1. The fourth-order valence-electron chi connectivity index (χ4n) is 5.58. The number of rotatable bonds is 2. The second-order valence-corrected chi connectivity index (χ2v) is 11.6. The van der Waals surface area contributed by atoms with Crippen molar-refractivity contribution in [3.05, 3.63) is 46.2 Å². The van der Waals surface area contributed by atoms with Crippen molar-refractivity contribution >= 4 is 56.3 Å². The van der Waals surface area contributed by atoms with Crippen molar-refractivity contribution in [1.29, 1.82) is 0 Å². The summed E-state index contributed by atoms with van der Waals surface area (Å²) in [5, 5.41) is 54.9. The summed E-state index contributed by atoms with van der Waals surface area (Å²) in [6.07, 6.45) is -1.59. The summed E-state index contributed by atoms with van der Waals surface area (Å²) in [6.45, 7) is 1.68. The zero-order chi connectivity index (χ0) is 38.2. The monoisotopic (exact) mass is 786 g/mol. The fourth-order valence-corrected chi connectivity index (χ4v) is 5.58. The maximum atomic E-state index is 13.7. The largest absolute Gasteiger partial charge is 1.00 e. The van der Waals surface area contributed by atoms with E-state index in [4.69, 9.17) is 63.1 Å². The molecule has 1 amide bonds. The van der Waals surface area contributed by atoms with Crippen LogP contribution < -0.4 is 59.8 Å². The third kappa shape index (κ3) is 12.0. The summed E-state index contributed by atoms with van der Waals surface area (Å²) >= 11 is 0. The van der Waals surface area contributed by atoms with Crippen LogP contribution in [0.5, 0.6) is 5.75 Å². The van der Waals surface area contributed by atoms with Crippen LogP contribution in [0, 0.1) is 11.8 Å². The van der Waals surface area contributed by atoms with Crippen LogP contribution in [-0.4, -0.2) is 94.4 Å². The number of carbonyl (C=O) groups is 3. The molecule has 3 aliphatic rings.